The molecule has 15 heavy (non-hydrogen) atoms. The summed E-state index contributed by atoms with van der Waals surface area (Å²) >= 11 is 0. The lowest BCUT2D eigenvalue weighted by molar-refractivity contribution is 0.0918. The molecule has 0 spiro atoms. The molecule has 0 aliphatic carbocycles. The van der Waals surface area contributed by atoms with E-state index >= 15 is 0 Å². The Bertz CT molecular complexity index is 283. The minimum Gasteiger partial charge on any atom is -0.459 e. The third-order valence-electron chi connectivity index (χ3n) is 2.45. The van der Waals surface area contributed by atoms with Crippen LogP contribution in [0.3, 0.4) is 0 Å². The maximum atomic E-state index is 11.5. The molecule has 0 aromatic carbocycles. The van der Waals surface area contributed by atoms with Crippen LogP contribution in [0.2, 0.25) is 0 Å². The first-order chi connectivity index (χ1) is 7.27. The van der Waals surface area contributed by atoms with Crippen molar-refractivity contribution in [3.8, 4) is 0 Å². The molecule has 4 heteroatoms. The molecule has 0 aliphatic rings. The smallest absolute Gasteiger partial charge is 0.286 e. The number of furan rings is 1. The van der Waals surface area contributed by atoms with E-state index in [2.05, 4.69) is 12.2 Å². The molecule has 1 aromatic rings. The van der Waals surface area contributed by atoms with Gasteiger partial charge in [-0.2, -0.15) is 0 Å². The lowest BCUT2D eigenvalue weighted by atomic mass is 10.0. The summed E-state index contributed by atoms with van der Waals surface area (Å²) in [6.07, 6.45) is 3.46. The number of nitrogens with two attached hydrogens (primary N) is 1. The van der Waals surface area contributed by atoms with E-state index < -0.39 is 0 Å². The minimum atomic E-state index is -0.157. The second-order valence-electron chi connectivity index (χ2n) is 3.54. The molecule has 1 unspecified atom stereocenters. The van der Waals surface area contributed by atoms with Crippen LogP contribution in [-0.4, -0.2) is 19.0 Å². The van der Waals surface area contributed by atoms with Gasteiger partial charge in [0, 0.05) is 6.54 Å². The number of carbonyl (C=O) groups excluding carboxylic acids is 1. The van der Waals surface area contributed by atoms with Crippen LogP contribution in [0.25, 0.3) is 0 Å². The standard InChI is InChI=1S/C11H18N2O2/c1-2-9(5-6-12)8-13-11(14)10-4-3-7-15-10/h3-4,7,9H,2,5-6,8,12H2,1H3,(H,13,14). The van der Waals surface area contributed by atoms with Crippen LogP contribution in [0.1, 0.15) is 30.3 Å². The van der Waals surface area contributed by atoms with Crippen molar-refractivity contribution in [1.29, 1.82) is 0 Å². The summed E-state index contributed by atoms with van der Waals surface area (Å²) in [5.74, 6) is 0.655. The molecule has 0 saturated heterocycles. The lowest BCUT2D eigenvalue weighted by Gasteiger charge is -2.13. The van der Waals surface area contributed by atoms with Gasteiger partial charge in [0.25, 0.3) is 5.91 Å². The summed E-state index contributed by atoms with van der Waals surface area (Å²) < 4.78 is 4.98. The highest BCUT2D eigenvalue weighted by Crippen LogP contribution is 2.06. The van der Waals surface area contributed by atoms with Gasteiger partial charge in [-0.15, -0.1) is 0 Å². The summed E-state index contributed by atoms with van der Waals surface area (Å²) in [5, 5.41) is 2.83. The third kappa shape index (κ3) is 3.75. The van der Waals surface area contributed by atoms with E-state index in [1.54, 1.807) is 12.1 Å². The van der Waals surface area contributed by atoms with Gasteiger partial charge in [-0.05, 0) is 31.0 Å². The normalized spacial score (nSPS) is 12.4. The Morgan fingerprint density at radius 1 is 1.67 bits per heavy atom. The molecule has 4 nitrogen and oxygen atoms in total. The van der Waals surface area contributed by atoms with Gasteiger partial charge in [0.15, 0.2) is 5.76 Å². The quantitative estimate of drug-likeness (QED) is 0.745. The van der Waals surface area contributed by atoms with Crippen LogP contribution >= 0.6 is 0 Å². The largest absolute Gasteiger partial charge is 0.459 e. The zero-order chi connectivity index (χ0) is 11.1. The zero-order valence-electron chi connectivity index (χ0n) is 9.03. The van der Waals surface area contributed by atoms with E-state index in [1.807, 2.05) is 0 Å². The van der Waals surface area contributed by atoms with Gasteiger partial charge in [-0.25, -0.2) is 0 Å². The molecule has 0 saturated carbocycles. The lowest BCUT2D eigenvalue weighted by Crippen LogP contribution is -2.29. The molecule has 84 valence electrons. The van der Waals surface area contributed by atoms with Crippen molar-refractivity contribution in [2.24, 2.45) is 11.7 Å². The number of rotatable bonds is 6. The van der Waals surface area contributed by atoms with Crippen LogP contribution in [0.15, 0.2) is 22.8 Å². The number of carbonyl (C=O) groups is 1. The maximum Gasteiger partial charge on any atom is 0.286 e. The molecule has 1 amide bonds. The highest BCUT2D eigenvalue weighted by Gasteiger charge is 2.10. The fourth-order valence-electron chi connectivity index (χ4n) is 1.42. The molecule has 0 bridgehead atoms. The monoisotopic (exact) mass is 210 g/mol. The van der Waals surface area contributed by atoms with Gasteiger partial charge in [0.05, 0.1) is 6.26 Å². The summed E-state index contributed by atoms with van der Waals surface area (Å²) in [6.45, 7) is 3.42. The SMILES string of the molecule is CCC(CCN)CNC(=O)c1ccco1. The van der Waals surface area contributed by atoms with Crippen molar-refractivity contribution >= 4 is 5.91 Å². The Balaban J connectivity index is 2.33. The molecule has 0 radical (unpaired) electrons. The Kier molecular flexibility index (Phi) is 4.90. The summed E-state index contributed by atoms with van der Waals surface area (Å²) in [4.78, 5) is 11.5. The fourth-order valence-corrected chi connectivity index (χ4v) is 1.42. The predicted octanol–water partition coefficient (Wildman–Crippen LogP) is 1.38. The highest BCUT2D eigenvalue weighted by atomic mass is 16.3. The average Bonchev–Trinajstić information content (AvgIpc) is 2.77. The molecule has 1 heterocycles. The van der Waals surface area contributed by atoms with Gasteiger partial charge >= 0.3 is 0 Å². The van der Waals surface area contributed by atoms with Crippen molar-refractivity contribution in [2.75, 3.05) is 13.1 Å². The molecular weight excluding hydrogens is 192 g/mol. The first-order valence-corrected chi connectivity index (χ1v) is 5.29. The van der Waals surface area contributed by atoms with E-state index in [9.17, 15) is 4.79 Å². The van der Waals surface area contributed by atoms with Gasteiger partial charge in [-0.1, -0.05) is 13.3 Å². The van der Waals surface area contributed by atoms with E-state index in [-0.39, 0.29) is 5.91 Å². The Morgan fingerprint density at radius 2 is 2.47 bits per heavy atom. The van der Waals surface area contributed by atoms with Gasteiger partial charge in [-0.3, -0.25) is 4.79 Å². The van der Waals surface area contributed by atoms with E-state index in [0.717, 1.165) is 12.8 Å². The number of hydrogen-bond acceptors (Lipinski definition) is 3. The van der Waals surface area contributed by atoms with Crippen LogP contribution in [0, 0.1) is 5.92 Å². The Morgan fingerprint density at radius 3 is 3.00 bits per heavy atom. The van der Waals surface area contributed by atoms with Crippen molar-refractivity contribution in [3.05, 3.63) is 24.2 Å². The Labute approximate surface area is 89.8 Å². The summed E-state index contributed by atoms with van der Waals surface area (Å²) in [5.41, 5.74) is 5.47. The van der Waals surface area contributed by atoms with Crippen LogP contribution in [-0.2, 0) is 0 Å². The average molecular weight is 210 g/mol. The maximum absolute atomic E-state index is 11.5. The molecule has 1 aromatic heterocycles. The number of hydrogen-bond donors (Lipinski definition) is 2. The third-order valence-corrected chi connectivity index (χ3v) is 2.45. The van der Waals surface area contributed by atoms with E-state index in [4.69, 9.17) is 10.2 Å². The predicted molar refractivity (Wildman–Crippen MR) is 58.5 cm³/mol. The summed E-state index contributed by atoms with van der Waals surface area (Å²) in [7, 11) is 0. The van der Waals surface area contributed by atoms with Gasteiger partial charge < -0.3 is 15.5 Å². The highest BCUT2D eigenvalue weighted by molar-refractivity contribution is 5.91. The number of nitrogens with one attached hydrogen (secondary N) is 1. The summed E-state index contributed by atoms with van der Waals surface area (Å²) in [6, 6.07) is 3.35. The minimum absolute atomic E-state index is 0.157. The van der Waals surface area contributed by atoms with E-state index in [0.29, 0.717) is 24.8 Å². The second-order valence-corrected chi connectivity index (χ2v) is 3.54. The molecule has 0 fully saturated rings. The first kappa shape index (κ1) is 11.8. The first-order valence-electron chi connectivity index (χ1n) is 5.29. The van der Waals surface area contributed by atoms with Crippen molar-refractivity contribution < 1.29 is 9.21 Å². The van der Waals surface area contributed by atoms with Gasteiger partial charge in [0.2, 0.25) is 0 Å². The molecule has 3 N–H and O–H groups in total. The van der Waals surface area contributed by atoms with Gasteiger partial charge in [0.1, 0.15) is 0 Å². The van der Waals surface area contributed by atoms with Crippen molar-refractivity contribution in [2.45, 2.75) is 19.8 Å². The number of amides is 1. The topological polar surface area (TPSA) is 68.3 Å². The van der Waals surface area contributed by atoms with Crippen LogP contribution in [0.5, 0.6) is 0 Å². The van der Waals surface area contributed by atoms with Crippen molar-refractivity contribution in [1.82, 2.24) is 5.32 Å². The fraction of sp³-hybridized carbons (Fsp3) is 0.545. The molecule has 1 atom stereocenters. The van der Waals surface area contributed by atoms with Crippen molar-refractivity contribution in [3.63, 3.8) is 0 Å². The van der Waals surface area contributed by atoms with Crippen LogP contribution in [0.4, 0.5) is 0 Å². The zero-order valence-corrected chi connectivity index (χ0v) is 9.03. The van der Waals surface area contributed by atoms with Crippen LogP contribution < -0.4 is 11.1 Å². The second kappa shape index (κ2) is 6.24. The molecule has 1 rings (SSSR count). The molecular formula is C11H18N2O2. The van der Waals surface area contributed by atoms with E-state index in [1.165, 1.54) is 6.26 Å². The Hall–Kier alpha value is -1.29. The molecule has 0 aliphatic heterocycles.